The van der Waals surface area contributed by atoms with E-state index in [1.807, 2.05) is 0 Å². The first-order valence-corrected chi connectivity index (χ1v) is 5.33. The zero-order valence-electron chi connectivity index (χ0n) is 6.66. The maximum absolute atomic E-state index is 11.1. The molecule has 3 nitrogen and oxygen atoms in total. The van der Waals surface area contributed by atoms with E-state index in [0.717, 1.165) is 0 Å². The van der Waals surface area contributed by atoms with E-state index in [2.05, 4.69) is 10.1 Å². The number of nitrogens with one attached hydrogen (secondary N) is 1. The molecule has 0 bridgehead atoms. The Kier molecular flexibility index (Phi) is 5.94. The fourth-order valence-corrected chi connectivity index (χ4v) is 1.07. The van der Waals surface area contributed by atoms with Gasteiger partial charge in [-0.05, 0) is 0 Å². The Hall–Kier alpha value is 1.17. The van der Waals surface area contributed by atoms with E-state index < -0.39 is 19.7 Å². The summed E-state index contributed by atoms with van der Waals surface area (Å²) in [6, 6.07) is 0. The van der Waals surface area contributed by atoms with Crippen molar-refractivity contribution < 1.29 is 9.53 Å². The highest BCUT2D eigenvalue weighted by Crippen LogP contribution is 2.32. The fourth-order valence-electron chi connectivity index (χ4n) is 0.475. The number of alkyl halides is 6. The maximum atomic E-state index is 11.1. The smallest absolute Gasteiger partial charge is 0.274 e. The number of halogens is 6. The number of ether oxygens (including phenoxy) is 1. The van der Waals surface area contributed by atoms with E-state index in [0.29, 0.717) is 0 Å². The van der Waals surface area contributed by atoms with Crippen LogP contribution in [-0.4, -0.2) is 26.8 Å². The van der Waals surface area contributed by atoms with Crippen molar-refractivity contribution in [2.24, 2.45) is 0 Å². The molecule has 1 amide bonds. The van der Waals surface area contributed by atoms with Gasteiger partial charge < -0.3 is 10.1 Å². The number of carbonyl (C=O) groups is 1. The third-order valence-corrected chi connectivity index (χ3v) is 2.16. The first-order valence-electron chi connectivity index (χ1n) is 3.06. The Morgan fingerprint density at radius 2 is 1.64 bits per heavy atom. The van der Waals surface area contributed by atoms with Crippen molar-refractivity contribution in [3.63, 3.8) is 0 Å². The second kappa shape index (κ2) is 5.48. The van der Waals surface area contributed by atoms with Gasteiger partial charge in [0.15, 0.2) is 6.23 Å². The molecule has 0 aromatic rings. The van der Waals surface area contributed by atoms with E-state index >= 15 is 0 Å². The van der Waals surface area contributed by atoms with E-state index in [4.69, 9.17) is 69.6 Å². The van der Waals surface area contributed by atoms with E-state index in [1.165, 1.54) is 7.11 Å². The molecule has 0 aromatic heterocycles. The van der Waals surface area contributed by atoms with Crippen molar-refractivity contribution in [1.82, 2.24) is 5.32 Å². The number of methoxy groups -OCH3 is 1. The molecule has 0 spiro atoms. The molecule has 0 heterocycles. The van der Waals surface area contributed by atoms with Crippen LogP contribution in [0.1, 0.15) is 0 Å². The molecule has 0 aromatic carbocycles. The minimum absolute atomic E-state index is 0.944. The molecule has 0 fully saturated rings. The topological polar surface area (TPSA) is 38.3 Å². The number of carbonyl (C=O) groups excluding carboxylic acids is 1. The minimum Gasteiger partial charge on any atom is -0.357 e. The maximum Gasteiger partial charge on any atom is 0.274 e. The first kappa shape index (κ1) is 15.2. The summed E-state index contributed by atoms with van der Waals surface area (Å²) in [6.07, 6.45) is -1.20. The summed E-state index contributed by atoms with van der Waals surface area (Å²) in [4.78, 5) is 11.1. The number of hydrogen-bond acceptors (Lipinski definition) is 2. The van der Waals surface area contributed by atoms with Gasteiger partial charge in [-0.3, -0.25) is 4.79 Å². The normalized spacial score (nSPS) is 15.1. The lowest BCUT2D eigenvalue weighted by Gasteiger charge is -2.25. The van der Waals surface area contributed by atoms with Crippen molar-refractivity contribution in [2.45, 2.75) is 13.8 Å². The van der Waals surface area contributed by atoms with Gasteiger partial charge in [0.05, 0.1) is 0 Å². The van der Waals surface area contributed by atoms with Crippen LogP contribution in [0.2, 0.25) is 0 Å². The first-order chi connectivity index (χ1) is 6.09. The molecule has 1 unspecified atom stereocenters. The van der Waals surface area contributed by atoms with Crippen molar-refractivity contribution in [2.75, 3.05) is 7.11 Å². The van der Waals surface area contributed by atoms with Gasteiger partial charge in [-0.2, -0.15) is 0 Å². The van der Waals surface area contributed by atoms with Gasteiger partial charge in [0.1, 0.15) is 0 Å². The van der Waals surface area contributed by atoms with Crippen LogP contribution < -0.4 is 5.32 Å². The third-order valence-electron chi connectivity index (χ3n) is 1.05. The summed E-state index contributed by atoms with van der Waals surface area (Å²) in [5.74, 6) is -0.944. The minimum atomic E-state index is -2.13. The molecule has 14 heavy (non-hydrogen) atoms. The molecule has 1 N–H and O–H groups in total. The van der Waals surface area contributed by atoms with Crippen molar-refractivity contribution in [3.8, 4) is 0 Å². The Morgan fingerprint density at radius 1 is 1.21 bits per heavy atom. The van der Waals surface area contributed by atoms with Gasteiger partial charge in [0.2, 0.25) is 3.79 Å². The predicted molar refractivity (Wildman–Crippen MR) is 59.5 cm³/mol. The zero-order valence-corrected chi connectivity index (χ0v) is 11.2. The summed E-state index contributed by atoms with van der Waals surface area (Å²) in [7, 11) is 1.23. The van der Waals surface area contributed by atoms with Gasteiger partial charge in [-0.25, -0.2) is 0 Å². The lowest BCUT2D eigenvalue weighted by Crippen LogP contribution is -2.48. The largest absolute Gasteiger partial charge is 0.357 e. The Morgan fingerprint density at radius 3 is 1.86 bits per heavy atom. The Labute approximate surface area is 111 Å². The molecular formula is C5H5Cl6NO2. The molecular weight excluding hydrogens is 319 g/mol. The highest BCUT2D eigenvalue weighted by Gasteiger charge is 2.39. The number of hydrogen-bond donors (Lipinski definition) is 1. The molecule has 0 rings (SSSR count). The van der Waals surface area contributed by atoms with Crippen molar-refractivity contribution in [1.29, 1.82) is 0 Å². The molecule has 0 saturated carbocycles. The van der Waals surface area contributed by atoms with Gasteiger partial charge >= 0.3 is 0 Å². The summed E-state index contributed by atoms with van der Waals surface area (Å²) < 4.78 is 0.698. The molecule has 0 aliphatic carbocycles. The molecule has 1 atom stereocenters. The molecule has 0 aliphatic heterocycles. The van der Waals surface area contributed by atoms with Gasteiger partial charge in [-0.1, -0.05) is 69.6 Å². The average molecular weight is 324 g/mol. The standard InChI is InChI=1S/C5H5Cl6NO2/c1-14-3(5(9,10)11)12-2(13)4(6,7)8/h3H,1H3,(H,12,13). The van der Waals surface area contributed by atoms with Gasteiger partial charge in [0, 0.05) is 7.11 Å². The molecule has 84 valence electrons. The predicted octanol–water partition coefficient (Wildman–Crippen LogP) is 2.82. The van der Waals surface area contributed by atoms with Gasteiger partial charge in [0.25, 0.3) is 9.70 Å². The van der Waals surface area contributed by atoms with E-state index in [-0.39, 0.29) is 0 Å². The highest BCUT2D eigenvalue weighted by atomic mass is 35.6. The van der Waals surface area contributed by atoms with Crippen LogP contribution in [0, 0.1) is 0 Å². The van der Waals surface area contributed by atoms with Crippen LogP contribution >= 0.6 is 69.6 Å². The van der Waals surface area contributed by atoms with Crippen LogP contribution in [0.5, 0.6) is 0 Å². The fraction of sp³-hybridized carbons (Fsp3) is 0.800. The quantitative estimate of drug-likeness (QED) is 0.627. The lowest BCUT2D eigenvalue weighted by molar-refractivity contribution is -0.123. The molecule has 0 saturated heterocycles. The van der Waals surface area contributed by atoms with Crippen molar-refractivity contribution in [3.05, 3.63) is 0 Å². The van der Waals surface area contributed by atoms with E-state index in [9.17, 15) is 4.79 Å². The summed E-state index contributed by atoms with van der Waals surface area (Å²) in [5.41, 5.74) is 0. The molecule has 0 radical (unpaired) electrons. The van der Waals surface area contributed by atoms with Crippen molar-refractivity contribution >= 4 is 75.5 Å². The van der Waals surface area contributed by atoms with Crippen LogP contribution in [0.4, 0.5) is 0 Å². The zero-order chi connectivity index (χ0) is 11.6. The Bertz CT molecular complexity index is 209. The Balaban J connectivity index is 4.43. The van der Waals surface area contributed by atoms with Gasteiger partial charge in [-0.15, -0.1) is 0 Å². The monoisotopic (exact) mass is 321 g/mol. The highest BCUT2D eigenvalue weighted by molar-refractivity contribution is 6.76. The second-order valence-corrected chi connectivity index (χ2v) is 6.78. The van der Waals surface area contributed by atoms with Crippen LogP contribution in [0.15, 0.2) is 0 Å². The summed E-state index contributed by atoms with van der Waals surface area (Å²) in [6.45, 7) is 0. The SMILES string of the molecule is COC(NC(=O)C(Cl)(Cl)Cl)C(Cl)(Cl)Cl. The van der Waals surface area contributed by atoms with Crippen LogP contribution in [0.25, 0.3) is 0 Å². The second-order valence-electron chi connectivity index (χ2n) is 2.13. The number of amides is 1. The average Bonchev–Trinajstić information content (AvgIpc) is 1.95. The molecule has 9 heteroatoms. The lowest BCUT2D eigenvalue weighted by atomic mass is 10.5. The van der Waals surface area contributed by atoms with Crippen LogP contribution in [0.3, 0.4) is 0 Å². The van der Waals surface area contributed by atoms with Crippen LogP contribution in [-0.2, 0) is 9.53 Å². The van der Waals surface area contributed by atoms with E-state index in [1.54, 1.807) is 0 Å². The molecule has 0 aliphatic rings. The number of rotatable bonds is 2. The third kappa shape index (κ3) is 5.31. The summed E-state index contributed by atoms with van der Waals surface area (Å²) in [5, 5.41) is 2.09. The summed E-state index contributed by atoms with van der Waals surface area (Å²) >= 11 is 32.2.